The predicted molar refractivity (Wildman–Crippen MR) is 122 cm³/mol. The number of alkyl halides is 1. The molecule has 2 unspecified atom stereocenters. The van der Waals surface area contributed by atoms with Crippen LogP contribution in [0.15, 0.2) is 47.4 Å². The van der Waals surface area contributed by atoms with Crippen molar-refractivity contribution in [1.82, 2.24) is 4.31 Å². The van der Waals surface area contributed by atoms with Crippen molar-refractivity contribution in [3.63, 3.8) is 0 Å². The van der Waals surface area contributed by atoms with Gasteiger partial charge in [0, 0.05) is 42.7 Å². The molecule has 9 heteroatoms. The quantitative estimate of drug-likeness (QED) is 0.591. The first-order chi connectivity index (χ1) is 14.7. The monoisotopic (exact) mass is 486 g/mol. The summed E-state index contributed by atoms with van der Waals surface area (Å²) in [7, 11) is -2.50. The first-order valence-corrected chi connectivity index (χ1v) is 12.4. The number of nitrogens with zero attached hydrogens (tertiary/aromatic N) is 2. The Morgan fingerprint density at radius 3 is 2.68 bits per heavy atom. The van der Waals surface area contributed by atoms with Crippen molar-refractivity contribution in [3.8, 4) is 0 Å². The summed E-state index contributed by atoms with van der Waals surface area (Å²) in [6.07, 6.45) is 0.990. The molecule has 2 fully saturated rings. The van der Waals surface area contributed by atoms with Crippen molar-refractivity contribution in [2.75, 3.05) is 44.8 Å². The highest BCUT2D eigenvalue weighted by atomic mass is 35.5. The van der Waals surface area contributed by atoms with E-state index in [1.54, 1.807) is 12.1 Å². The molecule has 2 aromatic rings. The largest absolute Gasteiger partial charge is 0.381 e. The molecule has 0 radical (unpaired) electrons. The van der Waals surface area contributed by atoms with Crippen LogP contribution in [0.5, 0.6) is 0 Å². The van der Waals surface area contributed by atoms with Gasteiger partial charge in [0.05, 0.1) is 18.8 Å². The lowest BCUT2D eigenvalue weighted by Gasteiger charge is -2.25. The number of methoxy groups -OCH3 is 1. The van der Waals surface area contributed by atoms with Crippen LogP contribution in [0, 0.1) is 0 Å². The second-order valence-electron chi connectivity index (χ2n) is 8.27. The molecule has 0 aromatic heterocycles. The summed E-state index contributed by atoms with van der Waals surface area (Å²) in [6.45, 7) is 1.13. The lowest BCUT2D eigenvalue weighted by atomic mass is 9.99. The minimum absolute atomic E-state index is 0.108. The van der Waals surface area contributed by atoms with Gasteiger partial charge in [-0.25, -0.2) is 12.8 Å². The van der Waals surface area contributed by atoms with Crippen LogP contribution in [0.25, 0.3) is 0 Å². The Labute approximate surface area is 192 Å². The van der Waals surface area contributed by atoms with Gasteiger partial charge in [-0.3, -0.25) is 0 Å². The molecule has 0 amide bonds. The third-order valence-electron chi connectivity index (χ3n) is 6.06. The lowest BCUT2D eigenvalue weighted by molar-refractivity contribution is 0.0521. The van der Waals surface area contributed by atoms with Crippen LogP contribution < -0.4 is 4.90 Å². The SMILES string of the molecule is COCC1(F)CCN(S(=O)(=O)c2cc(Cl)ccc2N2CCC(c3cccc(Cl)c3)C2)C1. The van der Waals surface area contributed by atoms with Gasteiger partial charge in [-0.1, -0.05) is 35.3 Å². The van der Waals surface area contributed by atoms with Gasteiger partial charge in [-0.05, 0) is 48.7 Å². The molecule has 2 heterocycles. The summed E-state index contributed by atoms with van der Waals surface area (Å²) in [5, 5.41) is 1.01. The normalized spacial score (nSPS) is 24.8. The third-order valence-corrected chi connectivity index (χ3v) is 8.41. The van der Waals surface area contributed by atoms with Crippen molar-refractivity contribution in [3.05, 3.63) is 58.1 Å². The van der Waals surface area contributed by atoms with Crippen LogP contribution in [0.1, 0.15) is 24.3 Å². The van der Waals surface area contributed by atoms with Gasteiger partial charge in [-0.15, -0.1) is 0 Å². The summed E-state index contributed by atoms with van der Waals surface area (Å²) in [5.74, 6) is 0.247. The van der Waals surface area contributed by atoms with Crippen LogP contribution in [-0.2, 0) is 14.8 Å². The zero-order chi connectivity index (χ0) is 22.2. The smallest absolute Gasteiger partial charge is 0.245 e. The molecule has 0 N–H and O–H groups in total. The highest BCUT2D eigenvalue weighted by molar-refractivity contribution is 7.89. The fourth-order valence-electron chi connectivity index (χ4n) is 4.49. The maximum absolute atomic E-state index is 14.9. The van der Waals surface area contributed by atoms with Gasteiger partial charge in [0.15, 0.2) is 0 Å². The highest BCUT2D eigenvalue weighted by Crippen LogP contribution is 2.39. The van der Waals surface area contributed by atoms with E-state index in [4.69, 9.17) is 27.9 Å². The van der Waals surface area contributed by atoms with Crippen molar-refractivity contribution < 1.29 is 17.5 Å². The number of ether oxygens (including phenoxy) is 1. The molecule has 2 aliphatic heterocycles. The van der Waals surface area contributed by atoms with Crippen LogP contribution in [0.4, 0.5) is 10.1 Å². The third kappa shape index (κ3) is 4.71. The number of hydrogen-bond donors (Lipinski definition) is 0. The zero-order valence-electron chi connectivity index (χ0n) is 17.2. The Morgan fingerprint density at radius 1 is 1.16 bits per heavy atom. The summed E-state index contributed by atoms with van der Waals surface area (Å²) < 4.78 is 48.0. The number of benzene rings is 2. The minimum Gasteiger partial charge on any atom is -0.381 e. The number of hydrogen-bond acceptors (Lipinski definition) is 4. The van der Waals surface area contributed by atoms with Crippen LogP contribution in [-0.4, -0.2) is 58.3 Å². The summed E-state index contributed by atoms with van der Waals surface area (Å²) in [4.78, 5) is 2.18. The Bertz CT molecular complexity index is 1070. The average Bonchev–Trinajstić information content (AvgIpc) is 3.36. The average molecular weight is 487 g/mol. The second kappa shape index (κ2) is 8.87. The molecule has 2 saturated heterocycles. The van der Waals surface area contributed by atoms with Crippen LogP contribution in [0.3, 0.4) is 0 Å². The maximum atomic E-state index is 14.9. The standard InChI is InChI=1S/C22H25Cl2FN2O3S/c1-30-15-22(25)8-10-27(14-22)31(28,29)21-12-19(24)5-6-20(21)26-9-7-17(13-26)16-3-2-4-18(23)11-16/h2-6,11-12,17H,7-10,13-15H2,1H3. The van der Waals surface area contributed by atoms with Gasteiger partial charge >= 0.3 is 0 Å². The predicted octanol–water partition coefficient (Wildman–Crippen LogP) is 4.74. The molecule has 2 aliphatic rings. The fraction of sp³-hybridized carbons (Fsp3) is 0.455. The molecule has 0 bridgehead atoms. The molecular formula is C22H25Cl2FN2O3S. The number of halogens is 3. The molecule has 31 heavy (non-hydrogen) atoms. The van der Waals surface area contributed by atoms with E-state index in [0.29, 0.717) is 28.8 Å². The molecule has 0 aliphatic carbocycles. The van der Waals surface area contributed by atoms with E-state index in [-0.39, 0.29) is 36.9 Å². The summed E-state index contributed by atoms with van der Waals surface area (Å²) in [6, 6.07) is 12.7. The number of sulfonamides is 1. The van der Waals surface area contributed by atoms with Gasteiger partial charge in [0.1, 0.15) is 10.6 Å². The molecular weight excluding hydrogens is 462 g/mol. The van der Waals surface area contributed by atoms with E-state index in [9.17, 15) is 12.8 Å². The Hall–Kier alpha value is -1.38. The van der Waals surface area contributed by atoms with Gasteiger partial charge in [0.25, 0.3) is 0 Å². The van der Waals surface area contributed by atoms with Crippen molar-refractivity contribution in [2.45, 2.75) is 29.3 Å². The Balaban J connectivity index is 1.61. The molecule has 4 rings (SSSR count). The second-order valence-corrected chi connectivity index (χ2v) is 11.1. The van der Waals surface area contributed by atoms with E-state index in [2.05, 4.69) is 4.90 Å². The van der Waals surface area contributed by atoms with Gasteiger partial charge in [-0.2, -0.15) is 4.31 Å². The summed E-state index contributed by atoms with van der Waals surface area (Å²) in [5.41, 5.74) is 0.0537. The van der Waals surface area contributed by atoms with E-state index in [1.807, 2.05) is 24.3 Å². The molecule has 2 atom stereocenters. The zero-order valence-corrected chi connectivity index (χ0v) is 19.6. The fourth-order valence-corrected chi connectivity index (χ4v) is 6.67. The molecule has 168 valence electrons. The van der Waals surface area contributed by atoms with E-state index >= 15 is 0 Å². The molecule has 0 spiro atoms. The first kappa shape index (κ1) is 22.8. The lowest BCUT2D eigenvalue weighted by Crippen LogP contribution is -2.36. The van der Waals surface area contributed by atoms with Crippen molar-refractivity contribution in [1.29, 1.82) is 0 Å². The van der Waals surface area contributed by atoms with Gasteiger partial charge in [0.2, 0.25) is 10.0 Å². The van der Waals surface area contributed by atoms with Crippen LogP contribution in [0.2, 0.25) is 10.0 Å². The molecule has 2 aromatic carbocycles. The molecule has 5 nitrogen and oxygen atoms in total. The highest BCUT2D eigenvalue weighted by Gasteiger charge is 2.44. The minimum atomic E-state index is -3.92. The van der Waals surface area contributed by atoms with Crippen LogP contribution >= 0.6 is 23.2 Å². The summed E-state index contributed by atoms with van der Waals surface area (Å²) >= 11 is 12.3. The van der Waals surface area contributed by atoms with E-state index in [0.717, 1.165) is 12.0 Å². The van der Waals surface area contributed by atoms with E-state index < -0.39 is 15.7 Å². The Kier molecular flexibility index (Phi) is 6.52. The number of rotatable bonds is 6. The molecule has 0 saturated carbocycles. The Morgan fingerprint density at radius 2 is 1.94 bits per heavy atom. The first-order valence-electron chi connectivity index (χ1n) is 10.2. The van der Waals surface area contributed by atoms with Gasteiger partial charge < -0.3 is 9.64 Å². The topological polar surface area (TPSA) is 49.9 Å². The maximum Gasteiger partial charge on any atom is 0.245 e. The number of anilines is 1. The van der Waals surface area contributed by atoms with Crippen molar-refractivity contribution >= 4 is 38.9 Å². The van der Waals surface area contributed by atoms with Crippen molar-refractivity contribution in [2.24, 2.45) is 0 Å². The van der Waals surface area contributed by atoms with E-state index in [1.165, 1.54) is 17.5 Å².